The van der Waals surface area contributed by atoms with Crippen LogP contribution in [0.5, 0.6) is 0 Å². The van der Waals surface area contributed by atoms with Crippen molar-refractivity contribution >= 4 is 16.7 Å². The second kappa shape index (κ2) is 4.94. The molecule has 0 aromatic carbocycles. The van der Waals surface area contributed by atoms with Gasteiger partial charge in [-0.3, -0.25) is 0 Å². The van der Waals surface area contributed by atoms with Gasteiger partial charge in [-0.2, -0.15) is 4.37 Å². The highest BCUT2D eigenvalue weighted by molar-refractivity contribution is 7.09. The van der Waals surface area contributed by atoms with Crippen molar-refractivity contribution in [3.05, 3.63) is 30.0 Å². The standard InChI is InChI=1S/C13H19N3O2S/c1-12(2,3)10-15-11(19-16-10)14-8-13(4,17)9-6-5-7-18-9/h5-7,17H,8H2,1-4H3,(H,14,15,16). The summed E-state index contributed by atoms with van der Waals surface area (Å²) in [5.41, 5.74) is -1.14. The van der Waals surface area contributed by atoms with Crippen LogP contribution in [0.3, 0.4) is 0 Å². The summed E-state index contributed by atoms with van der Waals surface area (Å²) in [5.74, 6) is 1.33. The van der Waals surface area contributed by atoms with Crippen LogP contribution >= 0.6 is 11.5 Å². The van der Waals surface area contributed by atoms with Crippen molar-refractivity contribution in [1.29, 1.82) is 0 Å². The molecule has 0 aliphatic carbocycles. The number of hydrogen-bond donors (Lipinski definition) is 2. The normalized spacial score (nSPS) is 15.2. The topological polar surface area (TPSA) is 71.2 Å². The maximum absolute atomic E-state index is 10.3. The zero-order chi connectivity index (χ0) is 14.1. The second-order valence-corrected chi connectivity index (χ2v) is 6.53. The zero-order valence-corrected chi connectivity index (χ0v) is 12.4. The third kappa shape index (κ3) is 3.33. The number of aromatic nitrogens is 2. The molecule has 0 amide bonds. The monoisotopic (exact) mass is 281 g/mol. The fourth-order valence-electron chi connectivity index (χ4n) is 1.52. The molecule has 1 atom stereocenters. The van der Waals surface area contributed by atoms with Gasteiger partial charge in [0.1, 0.15) is 17.2 Å². The van der Waals surface area contributed by atoms with E-state index in [9.17, 15) is 5.11 Å². The first-order valence-corrected chi connectivity index (χ1v) is 6.91. The average molecular weight is 281 g/mol. The molecular weight excluding hydrogens is 262 g/mol. The zero-order valence-electron chi connectivity index (χ0n) is 11.6. The quantitative estimate of drug-likeness (QED) is 0.901. The number of furan rings is 1. The van der Waals surface area contributed by atoms with Gasteiger partial charge in [-0.05, 0) is 19.1 Å². The maximum Gasteiger partial charge on any atom is 0.202 e. The maximum atomic E-state index is 10.3. The third-order valence-corrected chi connectivity index (χ3v) is 3.41. The van der Waals surface area contributed by atoms with E-state index in [4.69, 9.17) is 4.42 Å². The first-order chi connectivity index (χ1) is 8.79. The molecule has 19 heavy (non-hydrogen) atoms. The highest BCUT2D eigenvalue weighted by Gasteiger charge is 2.27. The SMILES string of the molecule is CC(C)(C)c1nsc(NCC(C)(O)c2ccco2)n1. The van der Waals surface area contributed by atoms with Crippen molar-refractivity contribution in [2.45, 2.75) is 38.7 Å². The number of aliphatic hydroxyl groups is 1. The molecule has 6 heteroatoms. The van der Waals surface area contributed by atoms with Crippen molar-refractivity contribution in [3.8, 4) is 0 Å². The molecule has 0 saturated heterocycles. The number of rotatable bonds is 4. The van der Waals surface area contributed by atoms with E-state index in [1.807, 2.05) is 0 Å². The van der Waals surface area contributed by atoms with Gasteiger partial charge in [-0.1, -0.05) is 20.8 Å². The van der Waals surface area contributed by atoms with Crippen LogP contribution in [0.1, 0.15) is 39.3 Å². The van der Waals surface area contributed by atoms with Crippen LogP contribution in [0.2, 0.25) is 0 Å². The Kier molecular flexibility index (Phi) is 3.64. The molecule has 0 aliphatic rings. The van der Waals surface area contributed by atoms with Crippen molar-refractivity contribution in [2.75, 3.05) is 11.9 Å². The Morgan fingerprint density at radius 1 is 1.37 bits per heavy atom. The first-order valence-electron chi connectivity index (χ1n) is 6.13. The Morgan fingerprint density at radius 3 is 2.63 bits per heavy atom. The Hall–Kier alpha value is -1.40. The Labute approximate surface area is 116 Å². The molecule has 0 bridgehead atoms. The molecule has 2 heterocycles. The number of nitrogens with zero attached hydrogens (tertiary/aromatic N) is 2. The van der Waals surface area contributed by atoms with E-state index in [1.54, 1.807) is 25.3 Å². The van der Waals surface area contributed by atoms with E-state index < -0.39 is 5.60 Å². The lowest BCUT2D eigenvalue weighted by Gasteiger charge is -2.20. The van der Waals surface area contributed by atoms with Crippen LogP contribution in [-0.4, -0.2) is 21.0 Å². The summed E-state index contributed by atoms with van der Waals surface area (Å²) in [6, 6.07) is 3.51. The molecule has 2 N–H and O–H groups in total. The molecule has 2 aromatic rings. The minimum absolute atomic E-state index is 0.0695. The van der Waals surface area contributed by atoms with Gasteiger partial charge in [0.2, 0.25) is 5.13 Å². The summed E-state index contributed by atoms with van der Waals surface area (Å²) < 4.78 is 9.54. The van der Waals surface area contributed by atoms with E-state index in [0.717, 1.165) is 5.82 Å². The molecule has 104 valence electrons. The van der Waals surface area contributed by atoms with Crippen LogP contribution in [0.25, 0.3) is 0 Å². The fraction of sp³-hybridized carbons (Fsp3) is 0.538. The minimum Gasteiger partial charge on any atom is -0.466 e. The molecule has 1 unspecified atom stereocenters. The first kappa shape index (κ1) is 14.0. The summed E-state index contributed by atoms with van der Waals surface area (Å²) in [4.78, 5) is 4.42. The van der Waals surface area contributed by atoms with Gasteiger partial charge in [0, 0.05) is 16.9 Å². The minimum atomic E-state index is -1.07. The smallest absolute Gasteiger partial charge is 0.202 e. The molecule has 2 aromatic heterocycles. The van der Waals surface area contributed by atoms with Crippen LogP contribution in [0, 0.1) is 0 Å². The molecule has 0 aliphatic heterocycles. The van der Waals surface area contributed by atoms with Gasteiger partial charge in [0.25, 0.3) is 0 Å². The van der Waals surface area contributed by atoms with Gasteiger partial charge >= 0.3 is 0 Å². The van der Waals surface area contributed by atoms with Gasteiger partial charge in [-0.25, -0.2) is 4.98 Å². The van der Waals surface area contributed by atoms with Gasteiger partial charge in [-0.15, -0.1) is 0 Å². The highest BCUT2D eigenvalue weighted by atomic mass is 32.1. The van der Waals surface area contributed by atoms with Gasteiger partial charge in [0.05, 0.1) is 12.8 Å². The molecule has 0 fully saturated rings. The predicted octanol–water partition coefficient (Wildman–Crippen LogP) is 2.75. The van der Waals surface area contributed by atoms with E-state index in [2.05, 4.69) is 35.4 Å². The Morgan fingerprint density at radius 2 is 2.11 bits per heavy atom. The van der Waals surface area contributed by atoms with Crippen LogP contribution < -0.4 is 5.32 Å². The molecule has 5 nitrogen and oxygen atoms in total. The predicted molar refractivity (Wildman–Crippen MR) is 75.4 cm³/mol. The van der Waals surface area contributed by atoms with Crippen LogP contribution in [0.4, 0.5) is 5.13 Å². The summed E-state index contributed by atoms with van der Waals surface area (Å²) in [7, 11) is 0. The van der Waals surface area contributed by atoms with E-state index in [1.165, 1.54) is 11.5 Å². The summed E-state index contributed by atoms with van der Waals surface area (Å²) in [5, 5.41) is 14.1. The molecular formula is C13H19N3O2S. The van der Waals surface area contributed by atoms with E-state index in [-0.39, 0.29) is 5.41 Å². The van der Waals surface area contributed by atoms with E-state index >= 15 is 0 Å². The van der Waals surface area contributed by atoms with Crippen molar-refractivity contribution in [3.63, 3.8) is 0 Å². The third-order valence-electron chi connectivity index (χ3n) is 2.73. The number of anilines is 1. The van der Waals surface area contributed by atoms with Gasteiger partial charge in [0.15, 0.2) is 0 Å². The molecule has 0 saturated carbocycles. The van der Waals surface area contributed by atoms with E-state index in [0.29, 0.717) is 17.4 Å². The highest BCUT2D eigenvalue weighted by Crippen LogP contribution is 2.25. The van der Waals surface area contributed by atoms with Crippen molar-refractivity contribution in [1.82, 2.24) is 9.36 Å². The Bertz CT molecular complexity index is 526. The lowest BCUT2D eigenvalue weighted by molar-refractivity contribution is 0.0476. The Balaban J connectivity index is 2.01. The lowest BCUT2D eigenvalue weighted by Crippen LogP contribution is -2.30. The number of nitrogens with one attached hydrogen (secondary N) is 1. The second-order valence-electron chi connectivity index (χ2n) is 5.78. The molecule has 0 radical (unpaired) electrons. The molecule has 2 rings (SSSR count). The lowest BCUT2D eigenvalue weighted by atomic mass is 9.96. The summed E-state index contributed by atoms with van der Waals surface area (Å²) >= 11 is 1.30. The van der Waals surface area contributed by atoms with Crippen molar-refractivity contribution in [2.24, 2.45) is 0 Å². The number of hydrogen-bond acceptors (Lipinski definition) is 6. The summed E-state index contributed by atoms with van der Waals surface area (Å²) in [6.07, 6.45) is 1.55. The fourth-order valence-corrected chi connectivity index (χ4v) is 2.27. The average Bonchev–Trinajstić information content (AvgIpc) is 2.97. The van der Waals surface area contributed by atoms with Gasteiger partial charge < -0.3 is 14.8 Å². The largest absolute Gasteiger partial charge is 0.466 e. The summed E-state index contributed by atoms with van der Waals surface area (Å²) in [6.45, 7) is 8.22. The molecule has 0 spiro atoms. The van der Waals surface area contributed by atoms with Crippen LogP contribution in [-0.2, 0) is 11.0 Å². The van der Waals surface area contributed by atoms with Crippen molar-refractivity contribution < 1.29 is 9.52 Å². The van der Waals surface area contributed by atoms with Crippen LogP contribution in [0.15, 0.2) is 22.8 Å².